The van der Waals surface area contributed by atoms with Gasteiger partial charge in [-0.05, 0) is 31.2 Å². The number of carbonyl (C=O) groups is 1. The number of rotatable bonds is 3. The van der Waals surface area contributed by atoms with Crippen LogP contribution in [0.25, 0.3) is 0 Å². The molecule has 1 amide bonds. The summed E-state index contributed by atoms with van der Waals surface area (Å²) >= 11 is 5.78. The van der Waals surface area contributed by atoms with Crippen LogP contribution in [0.2, 0.25) is 5.02 Å². The number of halogens is 1. The van der Waals surface area contributed by atoms with Gasteiger partial charge < -0.3 is 11.1 Å². The van der Waals surface area contributed by atoms with Crippen molar-refractivity contribution >= 4 is 28.9 Å². The molecule has 0 aliphatic heterocycles. The SMILES string of the molecule is Cc1ccn(CC(=O)Nc2ccc(Cl)cc2N)n1. The van der Waals surface area contributed by atoms with Crippen LogP contribution in [0.5, 0.6) is 0 Å². The number of hydrogen-bond acceptors (Lipinski definition) is 3. The maximum absolute atomic E-state index is 11.8. The van der Waals surface area contributed by atoms with Crippen molar-refractivity contribution in [3.05, 3.63) is 41.2 Å². The molecule has 1 heterocycles. The zero-order chi connectivity index (χ0) is 13.1. The highest BCUT2D eigenvalue weighted by Crippen LogP contribution is 2.22. The highest BCUT2D eigenvalue weighted by molar-refractivity contribution is 6.31. The Hall–Kier alpha value is -2.01. The fourth-order valence-corrected chi connectivity index (χ4v) is 1.72. The molecule has 0 aliphatic rings. The van der Waals surface area contributed by atoms with Crippen LogP contribution in [-0.4, -0.2) is 15.7 Å². The molecule has 0 saturated heterocycles. The van der Waals surface area contributed by atoms with E-state index in [2.05, 4.69) is 10.4 Å². The van der Waals surface area contributed by atoms with Crippen molar-refractivity contribution in [1.82, 2.24) is 9.78 Å². The van der Waals surface area contributed by atoms with E-state index >= 15 is 0 Å². The molecule has 0 aliphatic carbocycles. The first-order chi connectivity index (χ1) is 8.54. The minimum Gasteiger partial charge on any atom is -0.397 e. The number of nitrogens with one attached hydrogen (secondary N) is 1. The predicted molar refractivity (Wildman–Crippen MR) is 71.5 cm³/mol. The molecule has 2 aromatic rings. The maximum atomic E-state index is 11.8. The molecule has 94 valence electrons. The number of anilines is 2. The van der Waals surface area contributed by atoms with Crippen molar-refractivity contribution < 1.29 is 4.79 Å². The first-order valence-corrected chi connectivity index (χ1v) is 5.77. The van der Waals surface area contributed by atoms with E-state index in [1.54, 1.807) is 29.1 Å². The molecule has 0 unspecified atom stereocenters. The van der Waals surface area contributed by atoms with Gasteiger partial charge in [-0.3, -0.25) is 9.48 Å². The van der Waals surface area contributed by atoms with Crippen LogP contribution in [0, 0.1) is 6.92 Å². The van der Waals surface area contributed by atoms with E-state index in [1.807, 2.05) is 13.0 Å². The Morgan fingerprint density at radius 2 is 2.28 bits per heavy atom. The van der Waals surface area contributed by atoms with E-state index < -0.39 is 0 Å². The van der Waals surface area contributed by atoms with Gasteiger partial charge in [-0.25, -0.2) is 0 Å². The quantitative estimate of drug-likeness (QED) is 0.834. The molecular formula is C12H13ClN4O. The van der Waals surface area contributed by atoms with Gasteiger partial charge in [0, 0.05) is 11.2 Å². The lowest BCUT2D eigenvalue weighted by atomic mass is 10.2. The third kappa shape index (κ3) is 3.01. The summed E-state index contributed by atoms with van der Waals surface area (Å²) in [5.74, 6) is -0.188. The third-order valence-electron chi connectivity index (χ3n) is 2.37. The number of aromatic nitrogens is 2. The Morgan fingerprint density at radius 1 is 1.50 bits per heavy atom. The normalized spacial score (nSPS) is 10.3. The summed E-state index contributed by atoms with van der Waals surface area (Å²) < 4.78 is 1.57. The number of nitrogens with two attached hydrogens (primary N) is 1. The van der Waals surface area contributed by atoms with Crippen LogP contribution >= 0.6 is 11.6 Å². The Bertz CT molecular complexity index is 579. The maximum Gasteiger partial charge on any atom is 0.246 e. The standard InChI is InChI=1S/C12H13ClN4O/c1-8-4-5-17(16-8)7-12(18)15-11-3-2-9(13)6-10(11)14/h2-6H,7,14H2,1H3,(H,15,18). The average Bonchev–Trinajstić information content (AvgIpc) is 2.68. The van der Waals surface area contributed by atoms with Gasteiger partial charge >= 0.3 is 0 Å². The molecule has 18 heavy (non-hydrogen) atoms. The summed E-state index contributed by atoms with van der Waals surface area (Å²) in [4.78, 5) is 11.8. The van der Waals surface area contributed by atoms with E-state index in [0.29, 0.717) is 16.4 Å². The first kappa shape index (κ1) is 12.4. The lowest BCUT2D eigenvalue weighted by Gasteiger charge is -2.08. The Kier molecular flexibility index (Phi) is 3.53. The van der Waals surface area contributed by atoms with Crippen molar-refractivity contribution in [1.29, 1.82) is 0 Å². The van der Waals surface area contributed by atoms with E-state index in [1.165, 1.54) is 0 Å². The van der Waals surface area contributed by atoms with Crippen LogP contribution in [-0.2, 0) is 11.3 Å². The van der Waals surface area contributed by atoms with Crippen LogP contribution in [0.3, 0.4) is 0 Å². The number of aryl methyl sites for hydroxylation is 1. The van der Waals surface area contributed by atoms with Crippen molar-refractivity contribution in [2.45, 2.75) is 13.5 Å². The van der Waals surface area contributed by atoms with Gasteiger partial charge in [0.05, 0.1) is 17.1 Å². The third-order valence-corrected chi connectivity index (χ3v) is 2.60. The molecule has 6 heteroatoms. The van der Waals surface area contributed by atoms with Gasteiger partial charge in [0.25, 0.3) is 0 Å². The molecule has 1 aromatic heterocycles. The van der Waals surface area contributed by atoms with Gasteiger partial charge in [0.15, 0.2) is 0 Å². The number of nitrogens with zero attached hydrogens (tertiary/aromatic N) is 2. The van der Waals surface area contributed by atoms with Crippen molar-refractivity contribution in [3.8, 4) is 0 Å². The molecule has 2 rings (SSSR count). The van der Waals surface area contributed by atoms with Gasteiger partial charge in [-0.2, -0.15) is 5.10 Å². The van der Waals surface area contributed by atoms with Gasteiger partial charge in [0.2, 0.25) is 5.91 Å². The fraction of sp³-hybridized carbons (Fsp3) is 0.167. The van der Waals surface area contributed by atoms with E-state index in [0.717, 1.165) is 5.69 Å². The minimum atomic E-state index is -0.188. The monoisotopic (exact) mass is 264 g/mol. The molecule has 0 bridgehead atoms. The Balaban J connectivity index is 2.03. The summed E-state index contributed by atoms with van der Waals surface area (Å²) in [6, 6.07) is 6.77. The fourth-order valence-electron chi connectivity index (χ4n) is 1.54. The van der Waals surface area contributed by atoms with E-state index in [-0.39, 0.29) is 12.5 Å². The summed E-state index contributed by atoms with van der Waals surface area (Å²) in [7, 11) is 0. The molecule has 0 atom stereocenters. The van der Waals surface area contributed by atoms with Crippen LogP contribution in [0.1, 0.15) is 5.69 Å². The summed E-state index contributed by atoms with van der Waals surface area (Å²) in [6.45, 7) is 2.02. The molecule has 3 N–H and O–H groups in total. The van der Waals surface area contributed by atoms with Crippen LogP contribution in [0.15, 0.2) is 30.5 Å². The van der Waals surface area contributed by atoms with E-state index in [4.69, 9.17) is 17.3 Å². The molecule has 0 radical (unpaired) electrons. The molecule has 5 nitrogen and oxygen atoms in total. The van der Waals surface area contributed by atoms with Gasteiger partial charge in [0.1, 0.15) is 6.54 Å². The molecule has 1 aromatic carbocycles. The van der Waals surface area contributed by atoms with E-state index in [9.17, 15) is 4.79 Å². The lowest BCUT2D eigenvalue weighted by Crippen LogP contribution is -2.19. The second-order valence-corrected chi connectivity index (χ2v) is 4.37. The minimum absolute atomic E-state index is 0.149. The van der Waals surface area contributed by atoms with Gasteiger partial charge in [-0.1, -0.05) is 11.6 Å². The van der Waals surface area contributed by atoms with Crippen molar-refractivity contribution in [2.24, 2.45) is 0 Å². The summed E-state index contributed by atoms with van der Waals surface area (Å²) in [6.07, 6.45) is 1.75. The zero-order valence-electron chi connectivity index (χ0n) is 9.85. The van der Waals surface area contributed by atoms with Crippen molar-refractivity contribution in [2.75, 3.05) is 11.1 Å². The Labute approximate surface area is 110 Å². The highest BCUT2D eigenvalue weighted by atomic mass is 35.5. The largest absolute Gasteiger partial charge is 0.397 e. The number of benzene rings is 1. The lowest BCUT2D eigenvalue weighted by molar-refractivity contribution is -0.116. The molecule has 0 fully saturated rings. The smallest absolute Gasteiger partial charge is 0.246 e. The number of amides is 1. The molecule has 0 spiro atoms. The first-order valence-electron chi connectivity index (χ1n) is 5.39. The topological polar surface area (TPSA) is 72.9 Å². The molecule has 0 saturated carbocycles. The second kappa shape index (κ2) is 5.10. The number of hydrogen-bond donors (Lipinski definition) is 2. The zero-order valence-corrected chi connectivity index (χ0v) is 10.6. The number of carbonyl (C=O) groups excluding carboxylic acids is 1. The predicted octanol–water partition coefficient (Wildman–Crippen LogP) is 2.07. The van der Waals surface area contributed by atoms with Crippen LogP contribution in [0.4, 0.5) is 11.4 Å². The second-order valence-electron chi connectivity index (χ2n) is 3.93. The summed E-state index contributed by atoms with van der Waals surface area (Å²) in [5, 5.41) is 7.38. The van der Waals surface area contributed by atoms with Crippen LogP contribution < -0.4 is 11.1 Å². The number of nitrogen functional groups attached to an aromatic ring is 1. The summed E-state index contributed by atoms with van der Waals surface area (Å²) in [5.41, 5.74) is 7.60. The highest BCUT2D eigenvalue weighted by Gasteiger charge is 2.07. The average molecular weight is 265 g/mol. The van der Waals surface area contributed by atoms with Crippen molar-refractivity contribution in [3.63, 3.8) is 0 Å². The Morgan fingerprint density at radius 3 is 2.89 bits per heavy atom. The van der Waals surface area contributed by atoms with Gasteiger partial charge in [-0.15, -0.1) is 0 Å². The molecular weight excluding hydrogens is 252 g/mol.